The van der Waals surface area contributed by atoms with Gasteiger partial charge < -0.3 is 14.8 Å². The fourth-order valence-corrected chi connectivity index (χ4v) is 1.60. The molecule has 0 fully saturated rings. The van der Waals surface area contributed by atoms with Crippen molar-refractivity contribution in [2.45, 2.75) is 39.3 Å². The number of rotatable bonds is 6. The van der Waals surface area contributed by atoms with Gasteiger partial charge in [-0.1, -0.05) is 12.1 Å². The highest BCUT2D eigenvalue weighted by Gasteiger charge is 2.14. The normalized spacial score (nSPS) is 10.9. The van der Waals surface area contributed by atoms with E-state index in [-0.39, 0.29) is 5.54 Å². The van der Waals surface area contributed by atoms with E-state index >= 15 is 0 Å². The van der Waals surface area contributed by atoms with Crippen molar-refractivity contribution in [1.82, 2.24) is 5.32 Å². The standard InChI is InChI=1S/C16H23NO2/c1-6-7-11-19-15-13(12-17-16(2,3)4)9-8-10-14(15)18-5/h1,8-10,17H,7,11-12H2,2-5H3. The molecule has 0 aliphatic heterocycles. The molecule has 0 saturated carbocycles. The molecular formula is C16H23NO2. The van der Waals surface area contributed by atoms with Crippen LogP contribution in [0.1, 0.15) is 32.8 Å². The first-order valence-electron chi connectivity index (χ1n) is 6.45. The predicted octanol–water partition coefficient (Wildman–Crippen LogP) is 2.99. The molecule has 0 aliphatic carbocycles. The van der Waals surface area contributed by atoms with E-state index in [0.717, 1.165) is 23.6 Å². The van der Waals surface area contributed by atoms with Gasteiger partial charge >= 0.3 is 0 Å². The van der Waals surface area contributed by atoms with Crippen molar-refractivity contribution in [1.29, 1.82) is 0 Å². The highest BCUT2D eigenvalue weighted by atomic mass is 16.5. The van der Waals surface area contributed by atoms with E-state index < -0.39 is 0 Å². The number of terminal acetylenes is 1. The van der Waals surface area contributed by atoms with Gasteiger partial charge in [0.15, 0.2) is 11.5 Å². The molecule has 0 radical (unpaired) electrons. The summed E-state index contributed by atoms with van der Waals surface area (Å²) < 4.78 is 11.1. The van der Waals surface area contributed by atoms with Crippen LogP contribution in [0.5, 0.6) is 11.5 Å². The van der Waals surface area contributed by atoms with Gasteiger partial charge in [-0.15, -0.1) is 12.3 Å². The summed E-state index contributed by atoms with van der Waals surface area (Å²) >= 11 is 0. The largest absolute Gasteiger partial charge is 0.493 e. The van der Waals surface area contributed by atoms with Gasteiger partial charge in [-0.3, -0.25) is 0 Å². The Kier molecular flexibility index (Phi) is 5.72. The van der Waals surface area contributed by atoms with Crippen LogP contribution >= 0.6 is 0 Å². The molecule has 0 saturated heterocycles. The Morgan fingerprint density at radius 1 is 1.32 bits per heavy atom. The van der Waals surface area contributed by atoms with Gasteiger partial charge in [-0.25, -0.2) is 0 Å². The second-order valence-electron chi connectivity index (χ2n) is 5.35. The van der Waals surface area contributed by atoms with Crippen molar-refractivity contribution in [2.75, 3.05) is 13.7 Å². The van der Waals surface area contributed by atoms with E-state index in [1.807, 2.05) is 18.2 Å². The van der Waals surface area contributed by atoms with Crippen LogP contribution in [0, 0.1) is 12.3 Å². The average molecular weight is 261 g/mol. The first-order chi connectivity index (χ1) is 8.98. The highest BCUT2D eigenvalue weighted by molar-refractivity contribution is 5.46. The number of methoxy groups -OCH3 is 1. The lowest BCUT2D eigenvalue weighted by Gasteiger charge is -2.22. The summed E-state index contributed by atoms with van der Waals surface area (Å²) in [7, 11) is 1.64. The lowest BCUT2D eigenvalue weighted by molar-refractivity contribution is 0.295. The number of ether oxygens (including phenoxy) is 2. The first-order valence-corrected chi connectivity index (χ1v) is 6.45. The van der Waals surface area contributed by atoms with Crippen LogP contribution in [0.3, 0.4) is 0 Å². The van der Waals surface area contributed by atoms with Crippen molar-refractivity contribution in [3.63, 3.8) is 0 Å². The van der Waals surface area contributed by atoms with Crippen molar-refractivity contribution >= 4 is 0 Å². The van der Waals surface area contributed by atoms with Crippen LogP contribution in [0.2, 0.25) is 0 Å². The molecule has 1 aromatic rings. The molecule has 3 nitrogen and oxygen atoms in total. The van der Waals surface area contributed by atoms with Gasteiger partial charge in [-0.05, 0) is 26.8 Å². The third-order valence-corrected chi connectivity index (χ3v) is 2.58. The number of para-hydroxylation sites is 1. The molecular weight excluding hydrogens is 238 g/mol. The Labute approximate surface area is 116 Å². The van der Waals surface area contributed by atoms with Gasteiger partial charge in [0, 0.05) is 24.1 Å². The van der Waals surface area contributed by atoms with Crippen LogP contribution in [-0.2, 0) is 6.54 Å². The topological polar surface area (TPSA) is 30.5 Å². The number of hydrogen-bond donors (Lipinski definition) is 1. The third-order valence-electron chi connectivity index (χ3n) is 2.58. The maximum absolute atomic E-state index is 5.76. The van der Waals surface area contributed by atoms with E-state index in [2.05, 4.69) is 32.0 Å². The SMILES string of the molecule is C#CCCOc1c(CNC(C)(C)C)cccc1OC. The van der Waals surface area contributed by atoms with Crippen LogP contribution in [0.4, 0.5) is 0 Å². The molecule has 1 aromatic carbocycles. The first kappa shape index (κ1) is 15.4. The van der Waals surface area contributed by atoms with Crippen molar-refractivity contribution in [2.24, 2.45) is 0 Å². The summed E-state index contributed by atoms with van der Waals surface area (Å²) in [5.74, 6) is 4.09. The molecule has 19 heavy (non-hydrogen) atoms. The number of benzene rings is 1. The summed E-state index contributed by atoms with van der Waals surface area (Å²) in [5, 5.41) is 3.44. The molecule has 0 heterocycles. The van der Waals surface area contributed by atoms with Gasteiger partial charge in [0.25, 0.3) is 0 Å². The van der Waals surface area contributed by atoms with Crippen molar-refractivity contribution in [3.05, 3.63) is 23.8 Å². The molecule has 104 valence electrons. The molecule has 1 rings (SSSR count). The second-order valence-corrected chi connectivity index (χ2v) is 5.35. The Balaban J connectivity index is 2.86. The van der Waals surface area contributed by atoms with Crippen molar-refractivity contribution < 1.29 is 9.47 Å². The molecule has 0 atom stereocenters. The molecule has 0 amide bonds. The van der Waals surface area contributed by atoms with E-state index in [4.69, 9.17) is 15.9 Å². The van der Waals surface area contributed by atoms with E-state index in [1.54, 1.807) is 7.11 Å². The minimum Gasteiger partial charge on any atom is -0.493 e. The van der Waals surface area contributed by atoms with Crippen LogP contribution in [0.25, 0.3) is 0 Å². The fraction of sp³-hybridized carbons (Fsp3) is 0.500. The average Bonchev–Trinajstić information content (AvgIpc) is 2.36. The summed E-state index contributed by atoms with van der Waals surface area (Å²) in [6, 6.07) is 5.89. The quantitative estimate of drug-likeness (QED) is 0.631. The lowest BCUT2D eigenvalue weighted by Crippen LogP contribution is -2.35. The Morgan fingerprint density at radius 3 is 2.63 bits per heavy atom. The lowest BCUT2D eigenvalue weighted by atomic mass is 10.1. The zero-order chi connectivity index (χ0) is 14.3. The molecule has 0 bridgehead atoms. The Morgan fingerprint density at radius 2 is 2.05 bits per heavy atom. The monoisotopic (exact) mass is 261 g/mol. The van der Waals surface area contributed by atoms with E-state index in [0.29, 0.717) is 13.0 Å². The summed E-state index contributed by atoms with van der Waals surface area (Å²) in [5.41, 5.74) is 1.13. The van der Waals surface area contributed by atoms with Gasteiger partial charge in [-0.2, -0.15) is 0 Å². The number of nitrogens with one attached hydrogen (secondary N) is 1. The van der Waals surface area contributed by atoms with Crippen molar-refractivity contribution in [3.8, 4) is 23.8 Å². The van der Waals surface area contributed by atoms with Crippen LogP contribution in [0.15, 0.2) is 18.2 Å². The summed E-state index contributed by atoms with van der Waals surface area (Å²) in [4.78, 5) is 0. The highest BCUT2D eigenvalue weighted by Crippen LogP contribution is 2.31. The van der Waals surface area contributed by atoms with Gasteiger partial charge in [0.2, 0.25) is 0 Å². The van der Waals surface area contributed by atoms with Crippen LogP contribution < -0.4 is 14.8 Å². The predicted molar refractivity (Wildman–Crippen MR) is 78.5 cm³/mol. The smallest absolute Gasteiger partial charge is 0.165 e. The summed E-state index contributed by atoms with van der Waals surface area (Å²) in [6.45, 7) is 7.62. The Bertz CT molecular complexity index is 441. The Hall–Kier alpha value is -1.66. The minimum atomic E-state index is 0.0547. The second kappa shape index (κ2) is 7.06. The van der Waals surface area contributed by atoms with Gasteiger partial charge in [0.05, 0.1) is 13.7 Å². The number of hydrogen-bond acceptors (Lipinski definition) is 3. The van der Waals surface area contributed by atoms with E-state index in [1.165, 1.54) is 0 Å². The molecule has 0 unspecified atom stereocenters. The molecule has 1 N–H and O–H groups in total. The van der Waals surface area contributed by atoms with E-state index in [9.17, 15) is 0 Å². The maximum atomic E-state index is 5.76. The minimum absolute atomic E-state index is 0.0547. The fourth-order valence-electron chi connectivity index (χ4n) is 1.60. The zero-order valence-corrected chi connectivity index (χ0v) is 12.2. The molecule has 0 spiro atoms. The third kappa shape index (κ3) is 5.23. The zero-order valence-electron chi connectivity index (χ0n) is 12.2. The van der Waals surface area contributed by atoms with Gasteiger partial charge in [0.1, 0.15) is 0 Å². The molecule has 0 aromatic heterocycles. The molecule has 3 heteroatoms. The summed E-state index contributed by atoms with van der Waals surface area (Å²) in [6.07, 6.45) is 5.83. The maximum Gasteiger partial charge on any atom is 0.165 e. The van der Waals surface area contributed by atoms with Crippen LogP contribution in [-0.4, -0.2) is 19.3 Å². The molecule has 0 aliphatic rings.